The average molecular weight is 674 g/mol. The summed E-state index contributed by atoms with van der Waals surface area (Å²) in [6.45, 7) is 5.34. The van der Waals surface area contributed by atoms with Crippen LogP contribution >= 0.6 is 11.3 Å². The molecular formula is C37H43N3O7S. The number of rotatable bonds is 5. The van der Waals surface area contributed by atoms with Gasteiger partial charge in [0.15, 0.2) is 0 Å². The Kier molecular flexibility index (Phi) is 9.51. The second kappa shape index (κ2) is 13.6. The predicted octanol–water partition coefficient (Wildman–Crippen LogP) is 6.29. The van der Waals surface area contributed by atoms with Crippen molar-refractivity contribution in [2.75, 3.05) is 6.54 Å². The summed E-state index contributed by atoms with van der Waals surface area (Å²) in [6.07, 6.45) is 6.49. The number of carboxylic acids is 1. The van der Waals surface area contributed by atoms with Crippen LogP contribution in [0.4, 0.5) is 4.79 Å². The van der Waals surface area contributed by atoms with Gasteiger partial charge >= 0.3 is 12.1 Å². The lowest BCUT2D eigenvalue weighted by atomic mass is 10.0. The van der Waals surface area contributed by atoms with E-state index in [9.17, 15) is 24.3 Å². The van der Waals surface area contributed by atoms with E-state index in [1.54, 1.807) is 32.1 Å². The van der Waals surface area contributed by atoms with Crippen molar-refractivity contribution in [2.45, 2.75) is 95.0 Å². The molecule has 48 heavy (non-hydrogen) atoms. The molecule has 5 atom stereocenters. The van der Waals surface area contributed by atoms with Crippen molar-refractivity contribution in [1.29, 1.82) is 0 Å². The summed E-state index contributed by atoms with van der Waals surface area (Å²) >= 11 is 1.59. The van der Waals surface area contributed by atoms with Crippen molar-refractivity contribution in [2.24, 2.45) is 5.92 Å². The maximum Gasteiger partial charge on any atom is 0.408 e. The van der Waals surface area contributed by atoms with Crippen molar-refractivity contribution in [3.8, 4) is 16.2 Å². The quantitative estimate of drug-likeness (QED) is 0.271. The van der Waals surface area contributed by atoms with Crippen LogP contribution in [0.3, 0.4) is 0 Å². The Morgan fingerprint density at radius 3 is 2.54 bits per heavy atom. The van der Waals surface area contributed by atoms with E-state index in [0.717, 1.165) is 40.5 Å². The van der Waals surface area contributed by atoms with Crippen molar-refractivity contribution in [3.63, 3.8) is 0 Å². The number of nitrogens with one attached hydrogen (secondary N) is 2. The highest BCUT2D eigenvalue weighted by molar-refractivity contribution is 7.13. The van der Waals surface area contributed by atoms with E-state index in [4.69, 9.17) is 9.47 Å². The molecule has 1 saturated heterocycles. The molecule has 0 spiro atoms. The number of fused-ring (bicyclic) bond motifs is 3. The molecule has 0 bridgehead atoms. The first-order chi connectivity index (χ1) is 22.9. The average Bonchev–Trinajstić information content (AvgIpc) is 3.34. The number of benzene rings is 2. The van der Waals surface area contributed by atoms with Gasteiger partial charge in [-0.25, -0.2) is 9.59 Å². The fourth-order valence-electron chi connectivity index (χ4n) is 6.72. The van der Waals surface area contributed by atoms with Gasteiger partial charge in [0.25, 0.3) is 0 Å². The molecule has 1 aliphatic carbocycles. The molecule has 3 amide bonds. The molecule has 11 heteroatoms. The van der Waals surface area contributed by atoms with Gasteiger partial charge in [0.05, 0.1) is 6.54 Å². The maximum atomic E-state index is 14.3. The SMILES string of the molecule is CC(C)(C)OC(=O)N[C@H]1CCCCC/C=C\[C@@H]2C[C@@]2(C(=O)O)NC(=O)C2C[C@@H](Oc3cc4ccccc4cc3-c3cccs3)CN2C1=O. The number of allylic oxidation sites excluding steroid dienone is 1. The van der Waals surface area contributed by atoms with Crippen LogP contribution in [0.5, 0.6) is 5.75 Å². The molecule has 1 aromatic heterocycles. The second-order valence-electron chi connectivity index (χ2n) is 14.0. The summed E-state index contributed by atoms with van der Waals surface area (Å²) in [5.41, 5.74) is -1.27. The molecular weight excluding hydrogens is 630 g/mol. The number of carbonyl (C=O) groups excluding carboxylic acids is 3. The Balaban J connectivity index is 1.32. The zero-order valence-electron chi connectivity index (χ0n) is 27.6. The van der Waals surface area contributed by atoms with Crippen molar-refractivity contribution in [1.82, 2.24) is 15.5 Å². The number of hydrogen-bond acceptors (Lipinski definition) is 7. The zero-order valence-corrected chi connectivity index (χ0v) is 28.4. The van der Waals surface area contributed by atoms with E-state index < -0.39 is 53.2 Å². The van der Waals surface area contributed by atoms with Gasteiger partial charge in [0.2, 0.25) is 11.8 Å². The normalized spacial score (nSPS) is 27.1. The number of carbonyl (C=O) groups is 4. The Bertz CT molecular complexity index is 1720. The zero-order chi connectivity index (χ0) is 34.1. The third-order valence-corrected chi connectivity index (χ3v) is 10.1. The number of carboxylic acid groups (broad SMARTS) is 1. The lowest BCUT2D eigenvalue weighted by Gasteiger charge is -2.30. The predicted molar refractivity (Wildman–Crippen MR) is 184 cm³/mol. The minimum absolute atomic E-state index is 0.0868. The highest BCUT2D eigenvalue weighted by atomic mass is 32.1. The van der Waals surface area contributed by atoms with Crippen molar-refractivity contribution >= 4 is 46.0 Å². The Labute approximate surface area is 284 Å². The minimum Gasteiger partial charge on any atom is -0.488 e. The van der Waals surface area contributed by atoms with E-state index in [1.165, 1.54) is 4.90 Å². The van der Waals surface area contributed by atoms with Crippen LogP contribution in [0.2, 0.25) is 0 Å². The molecule has 10 nitrogen and oxygen atoms in total. The van der Waals surface area contributed by atoms with Gasteiger partial charge in [-0.15, -0.1) is 11.3 Å². The van der Waals surface area contributed by atoms with Gasteiger partial charge in [0, 0.05) is 22.8 Å². The van der Waals surface area contributed by atoms with Gasteiger partial charge in [-0.1, -0.05) is 55.3 Å². The number of thiophene rings is 1. The van der Waals surface area contributed by atoms with Crippen LogP contribution in [0, 0.1) is 5.92 Å². The fraction of sp³-hybridized carbons (Fsp3) is 0.459. The Morgan fingerprint density at radius 1 is 1.06 bits per heavy atom. The second-order valence-corrected chi connectivity index (χ2v) is 14.9. The van der Waals surface area contributed by atoms with E-state index in [2.05, 4.69) is 16.7 Å². The smallest absolute Gasteiger partial charge is 0.408 e. The molecule has 6 rings (SSSR count). The molecule has 3 heterocycles. The largest absolute Gasteiger partial charge is 0.488 e. The molecule has 1 unspecified atom stereocenters. The van der Waals surface area contributed by atoms with Gasteiger partial charge in [-0.05, 0) is 80.8 Å². The van der Waals surface area contributed by atoms with Gasteiger partial charge in [-0.3, -0.25) is 9.59 Å². The van der Waals surface area contributed by atoms with Crippen molar-refractivity contribution in [3.05, 3.63) is 66.1 Å². The molecule has 2 aromatic carbocycles. The van der Waals surface area contributed by atoms with Gasteiger partial charge < -0.3 is 30.1 Å². The number of ether oxygens (including phenoxy) is 2. The van der Waals surface area contributed by atoms with E-state index in [0.29, 0.717) is 18.6 Å². The van der Waals surface area contributed by atoms with E-state index >= 15 is 0 Å². The summed E-state index contributed by atoms with van der Waals surface area (Å²) in [7, 11) is 0. The number of amides is 3. The lowest BCUT2D eigenvalue weighted by molar-refractivity contribution is -0.145. The van der Waals surface area contributed by atoms with Crippen LogP contribution in [0.15, 0.2) is 66.1 Å². The topological polar surface area (TPSA) is 134 Å². The number of aliphatic carboxylic acids is 1. The Morgan fingerprint density at radius 2 is 1.83 bits per heavy atom. The molecule has 3 aliphatic rings. The monoisotopic (exact) mass is 673 g/mol. The van der Waals surface area contributed by atoms with Crippen LogP contribution in [-0.2, 0) is 19.1 Å². The summed E-state index contributed by atoms with van der Waals surface area (Å²) in [6, 6.07) is 14.1. The first-order valence-electron chi connectivity index (χ1n) is 16.7. The maximum absolute atomic E-state index is 14.3. The lowest BCUT2D eigenvalue weighted by Crippen LogP contribution is -2.56. The molecule has 3 aromatic rings. The molecule has 0 radical (unpaired) electrons. The molecule has 1 saturated carbocycles. The first kappa shape index (κ1) is 33.5. The number of nitrogens with zero attached hydrogens (tertiary/aromatic N) is 1. The fourth-order valence-corrected chi connectivity index (χ4v) is 7.46. The molecule has 2 aliphatic heterocycles. The third-order valence-electron chi connectivity index (χ3n) is 9.24. The molecule has 2 fully saturated rings. The van der Waals surface area contributed by atoms with E-state index in [1.807, 2.05) is 60.0 Å². The van der Waals surface area contributed by atoms with Gasteiger partial charge in [0.1, 0.15) is 35.1 Å². The summed E-state index contributed by atoms with van der Waals surface area (Å²) in [5, 5.41) is 19.8. The highest BCUT2D eigenvalue weighted by Crippen LogP contribution is 2.45. The van der Waals surface area contributed by atoms with Crippen molar-refractivity contribution < 1.29 is 33.8 Å². The summed E-state index contributed by atoms with van der Waals surface area (Å²) in [5.74, 6) is -1.76. The summed E-state index contributed by atoms with van der Waals surface area (Å²) in [4.78, 5) is 56.2. The third kappa shape index (κ3) is 7.36. The van der Waals surface area contributed by atoms with Gasteiger partial charge in [-0.2, -0.15) is 0 Å². The number of alkyl carbamates (subject to hydrolysis) is 1. The first-order valence-corrected chi connectivity index (χ1v) is 17.6. The van der Waals surface area contributed by atoms with Crippen LogP contribution in [0.25, 0.3) is 21.2 Å². The highest BCUT2D eigenvalue weighted by Gasteiger charge is 2.61. The van der Waals surface area contributed by atoms with Crippen LogP contribution in [0.1, 0.15) is 65.7 Å². The number of hydrogen-bond donors (Lipinski definition) is 3. The minimum atomic E-state index is -1.42. The van der Waals surface area contributed by atoms with Crippen LogP contribution in [-0.4, -0.2) is 69.8 Å². The summed E-state index contributed by atoms with van der Waals surface area (Å²) < 4.78 is 12.2. The van der Waals surface area contributed by atoms with E-state index in [-0.39, 0.29) is 25.3 Å². The Hall–Kier alpha value is -4.38. The van der Waals surface area contributed by atoms with Crippen LogP contribution < -0.4 is 15.4 Å². The molecule has 3 N–H and O–H groups in total. The standard InChI is InChI=1S/C37H43N3O7S/c1-36(2,3)47-35(45)38-28-15-8-6-4-5-7-14-25-21-37(25,34(43)44)39-32(41)29-20-26(22-40(29)33(28)42)46-30-19-24-13-10-9-12-23(24)18-27(30)31-16-11-17-48-31/h7,9-14,16-19,25-26,28-29H,4-6,8,15,20-22H2,1-3H3,(H,38,45)(H,39,41)(H,43,44)/b14-7-/t25-,26-,28+,29?,37-/m1/s1. The molecule has 254 valence electrons.